The Kier molecular flexibility index (Phi) is 2.90. The summed E-state index contributed by atoms with van der Waals surface area (Å²) in [6.07, 6.45) is 0. The average molecular weight is 296 g/mol. The van der Waals surface area contributed by atoms with Gasteiger partial charge in [0, 0.05) is 36.5 Å². The number of aromatic nitrogens is 2. The van der Waals surface area contributed by atoms with Crippen molar-refractivity contribution in [2.45, 2.75) is 6.54 Å². The maximum atomic E-state index is 5.89. The number of imidazole rings is 1. The SMILES string of the molecule is NCCn1c(-c2cccc(N)c2)nc2cc3c(cc21)OCO3. The molecule has 112 valence electrons. The van der Waals surface area contributed by atoms with E-state index in [2.05, 4.69) is 4.57 Å². The van der Waals surface area contributed by atoms with Crippen LogP contribution in [0.2, 0.25) is 0 Å². The summed E-state index contributed by atoms with van der Waals surface area (Å²) in [7, 11) is 0. The van der Waals surface area contributed by atoms with Crippen molar-refractivity contribution < 1.29 is 9.47 Å². The maximum Gasteiger partial charge on any atom is 0.231 e. The van der Waals surface area contributed by atoms with Crippen LogP contribution in [-0.2, 0) is 6.54 Å². The lowest BCUT2D eigenvalue weighted by molar-refractivity contribution is 0.174. The van der Waals surface area contributed by atoms with Crippen LogP contribution in [0.1, 0.15) is 0 Å². The number of anilines is 1. The molecule has 0 bridgehead atoms. The largest absolute Gasteiger partial charge is 0.454 e. The standard InChI is InChI=1S/C16H16N4O2/c17-4-5-20-13-8-15-14(21-9-22-15)7-12(13)19-16(20)10-2-1-3-11(18)6-10/h1-3,6-8H,4-5,9,17-18H2. The summed E-state index contributed by atoms with van der Waals surface area (Å²) in [6, 6.07) is 11.5. The quantitative estimate of drug-likeness (QED) is 0.721. The predicted molar refractivity (Wildman–Crippen MR) is 84.8 cm³/mol. The monoisotopic (exact) mass is 296 g/mol. The normalized spacial score (nSPS) is 13.0. The van der Waals surface area contributed by atoms with E-state index in [1.54, 1.807) is 0 Å². The van der Waals surface area contributed by atoms with Crippen LogP contribution in [0.3, 0.4) is 0 Å². The average Bonchev–Trinajstić information content (AvgIpc) is 3.10. The fourth-order valence-corrected chi connectivity index (χ4v) is 2.77. The molecule has 6 nitrogen and oxygen atoms in total. The van der Waals surface area contributed by atoms with Gasteiger partial charge in [-0.3, -0.25) is 0 Å². The van der Waals surface area contributed by atoms with E-state index in [4.69, 9.17) is 25.9 Å². The molecule has 3 aromatic rings. The molecule has 1 aromatic heterocycles. The van der Waals surface area contributed by atoms with Gasteiger partial charge in [0.1, 0.15) is 5.82 Å². The topological polar surface area (TPSA) is 88.3 Å². The summed E-state index contributed by atoms with van der Waals surface area (Å²) in [5, 5.41) is 0. The third-order valence-electron chi connectivity index (χ3n) is 3.74. The van der Waals surface area contributed by atoms with E-state index in [9.17, 15) is 0 Å². The minimum Gasteiger partial charge on any atom is -0.454 e. The second kappa shape index (κ2) is 4.92. The van der Waals surface area contributed by atoms with Crippen molar-refractivity contribution in [1.82, 2.24) is 9.55 Å². The van der Waals surface area contributed by atoms with Gasteiger partial charge < -0.3 is 25.5 Å². The van der Waals surface area contributed by atoms with Crippen molar-refractivity contribution in [2.75, 3.05) is 19.1 Å². The number of nitrogens with two attached hydrogens (primary N) is 2. The van der Waals surface area contributed by atoms with Crippen molar-refractivity contribution in [3.8, 4) is 22.9 Å². The van der Waals surface area contributed by atoms with Crippen LogP contribution in [-0.4, -0.2) is 22.9 Å². The number of rotatable bonds is 3. The first-order chi connectivity index (χ1) is 10.8. The zero-order chi connectivity index (χ0) is 15.1. The molecular formula is C16H16N4O2. The van der Waals surface area contributed by atoms with Gasteiger partial charge in [-0.1, -0.05) is 12.1 Å². The van der Waals surface area contributed by atoms with Crippen molar-refractivity contribution in [3.63, 3.8) is 0 Å². The Labute approximate surface area is 127 Å². The van der Waals surface area contributed by atoms with Gasteiger partial charge in [0.2, 0.25) is 6.79 Å². The summed E-state index contributed by atoms with van der Waals surface area (Å²) in [4.78, 5) is 4.74. The van der Waals surface area contributed by atoms with Gasteiger partial charge in [-0.05, 0) is 12.1 Å². The summed E-state index contributed by atoms with van der Waals surface area (Å²) in [5.41, 5.74) is 15.2. The number of nitrogen functional groups attached to an aromatic ring is 1. The molecule has 0 aliphatic carbocycles. The molecule has 22 heavy (non-hydrogen) atoms. The predicted octanol–water partition coefficient (Wildman–Crippen LogP) is 1.97. The number of ether oxygens (including phenoxy) is 2. The highest BCUT2D eigenvalue weighted by atomic mass is 16.7. The molecule has 0 radical (unpaired) electrons. The molecule has 6 heteroatoms. The van der Waals surface area contributed by atoms with E-state index >= 15 is 0 Å². The molecule has 4 rings (SSSR count). The van der Waals surface area contributed by atoms with Crippen LogP contribution in [0.15, 0.2) is 36.4 Å². The Hall–Kier alpha value is -2.73. The van der Waals surface area contributed by atoms with E-state index in [0.29, 0.717) is 18.8 Å². The first-order valence-electron chi connectivity index (χ1n) is 7.12. The molecule has 1 aliphatic rings. The number of hydrogen-bond donors (Lipinski definition) is 2. The molecule has 2 heterocycles. The minimum absolute atomic E-state index is 0.251. The van der Waals surface area contributed by atoms with Gasteiger partial charge in [0.05, 0.1) is 11.0 Å². The second-order valence-electron chi connectivity index (χ2n) is 5.20. The zero-order valence-corrected chi connectivity index (χ0v) is 12.0. The molecule has 1 aliphatic heterocycles. The van der Waals surface area contributed by atoms with E-state index in [1.807, 2.05) is 36.4 Å². The second-order valence-corrected chi connectivity index (χ2v) is 5.20. The van der Waals surface area contributed by atoms with Gasteiger partial charge in [-0.25, -0.2) is 4.98 Å². The number of fused-ring (bicyclic) bond motifs is 2. The molecule has 0 fully saturated rings. The van der Waals surface area contributed by atoms with Crippen molar-refractivity contribution >= 4 is 16.7 Å². The lowest BCUT2D eigenvalue weighted by atomic mass is 10.2. The first-order valence-corrected chi connectivity index (χ1v) is 7.12. The lowest BCUT2D eigenvalue weighted by Crippen LogP contribution is -2.11. The highest BCUT2D eigenvalue weighted by molar-refractivity contribution is 5.84. The van der Waals surface area contributed by atoms with Crippen LogP contribution in [0, 0.1) is 0 Å². The Morgan fingerprint density at radius 1 is 1.14 bits per heavy atom. The van der Waals surface area contributed by atoms with Gasteiger partial charge in [0.15, 0.2) is 11.5 Å². The van der Waals surface area contributed by atoms with Crippen molar-refractivity contribution in [2.24, 2.45) is 5.73 Å². The van der Waals surface area contributed by atoms with Gasteiger partial charge >= 0.3 is 0 Å². The smallest absolute Gasteiger partial charge is 0.231 e. The lowest BCUT2D eigenvalue weighted by Gasteiger charge is -2.08. The summed E-state index contributed by atoms with van der Waals surface area (Å²) >= 11 is 0. The third-order valence-corrected chi connectivity index (χ3v) is 3.74. The first kappa shape index (κ1) is 13.0. The van der Waals surface area contributed by atoms with E-state index in [1.165, 1.54) is 0 Å². The fourth-order valence-electron chi connectivity index (χ4n) is 2.77. The zero-order valence-electron chi connectivity index (χ0n) is 12.0. The summed E-state index contributed by atoms with van der Waals surface area (Å²) in [5.74, 6) is 2.31. The van der Waals surface area contributed by atoms with Gasteiger partial charge in [-0.2, -0.15) is 0 Å². The Morgan fingerprint density at radius 2 is 1.95 bits per heavy atom. The van der Waals surface area contributed by atoms with Crippen molar-refractivity contribution in [1.29, 1.82) is 0 Å². The molecule has 4 N–H and O–H groups in total. The Morgan fingerprint density at radius 3 is 2.73 bits per heavy atom. The summed E-state index contributed by atoms with van der Waals surface area (Å²) in [6.45, 7) is 1.44. The number of benzene rings is 2. The van der Waals surface area contributed by atoms with E-state index in [0.717, 1.165) is 33.9 Å². The van der Waals surface area contributed by atoms with Crippen LogP contribution in [0.5, 0.6) is 11.5 Å². The molecule has 0 atom stereocenters. The highest BCUT2D eigenvalue weighted by Gasteiger charge is 2.19. The molecule has 2 aromatic carbocycles. The van der Waals surface area contributed by atoms with E-state index in [-0.39, 0.29) is 6.79 Å². The Balaban J connectivity index is 1.96. The number of nitrogens with zero attached hydrogens (tertiary/aromatic N) is 2. The molecule has 0 unspecified atom stereocenters. The van der Waals surface area contributed by atoms with Gasteiger partial charge in [0.25, 0.3) is 0 Å². The maximum absolute atomic E-state index is 5.89. The highest BCUT2D eigenvalue weighted by Crippen LogP contribution is 2.37. The third kappa shape index (κ3) is 1.96. The Bertz CT molecular complexity index is 857. The minimum atomic E-state index is 0.251. The molecule has 0 amide bonds. The number of hydrogen-bond acceptors (Lipinski definition) is 5. The summed E-state index contributed by atoms with van der Waals surface area (Å²) < 4.78 is 13.0. The van der Waals surface area contributed by atoms with Crippen molar-refractivity contribution in [3.05, 3.63) is 36.4 Å². The van der Waals surface area contributed by atoms with Crippen LogP contribution < -0.4 is 20.9 Å². The van der Waals surface area contributed by atoms with Crippen LogP contribution >= 0.6 is 0 Å². The van der Waals surface area contributed by atoms with Crippen LogP contribution in [0.4, 0.5) is 5.69 Å². The molecule has 0 saturated carbocycles. The molecule has 0 saturated heterocycles. The van der Waals surface area contributed by atoms with Gasteiger partial charge in [-0.15, -0.1) is 0 Å². The molecular weight excluding hydrogens is 280 g/mol. The fraction of sp³-hybridized carbons (Fsp3) is 0.188. The van der Waals surface area contributed by atoms with Crippen LogP contribution in [0.25, 0.3) is 22.4 Å². The van der Waals surface area contributed by atoms with E-state index < -0.39 is 0 Å². The molecule has 0 spiro atoms.